The van der Waals surface area contributed by atoms with E-state index in [0.29, 0.717) is 12.4 Å². The van der Waals surface area contributed by atoms with Gasteiger partial charge in [0.15, 0.2) is 0 Å². The quantitative estimate of drug-likeness (QED) is 0.443. The molecule has 0 spiro atoms. The molecule has 5 nitrogen and oxygen atoms in total. The van der Waals surface area contributed by atoms with Crippen molar-refractivity contribution in [2.45, 2.75) is 26.5 Å². The van der Waals surface area contributed by atoms with Gasteiger partial charge in [-0.15, -0.1) is 12.4 Å². The van der Waals surface area contributed by atoms with Gasteiger partial charge >= 0.3 is 0 Å². The molecule has 160 valence electrons. The third-order valence-corrected chi connectivity index (χ3v) is 5.76. The first-order valence-electron chi connectivity index (χ1n) is 10.4. The molecule has 0 saturated heterocycles. The van der Waals surface area contributed by atoms with E-state index in [4.69, 9.17) is 9.15 Å². The van der Waals surface area contributed by atoms with Gasteiger partial charge in [0, 0.05) is 48.8 Å². The summed E-state index contributed by atoms with van der Waals surface area (Å²) >= 11 is 0. The Morgan fingerprint density at radius 3 is 2.68 bits per heavy atom. The van der Waals surface area contributed by atoms with Crippen molar-refractivity contribution in [1.29, 1.82) is 0 Å². The molecule has 0 amide bonds. The second kappa shape index (κ2) is 9.00. The largest absolute Gasteiger partial charge is 0.489 e. The second-order valence-electron chi connectivity index (χ2n) is 7.65. The lowest BCUT2D eigenvalue weighted by Gasteiger charge is -2.24. The molecule has 1 aliphatic rings. The van der Waals surface area contributed by atoms with Gasteiger partial charge in [0.25, 0.3) is 5.56 Å². The summed E-state index contributed by atoms with van der Waals surface area (Å²) in [5.74, 6) is 1.64. The summed E-state index contributed by atoms with van der Waals surface area (Å²) < 4.78 is 13.5. The van der Waals surface area contributed by atoms with Crippen LogP contribution in [0.2, 0.25) is 0 Å². The van der Waals surface area contributed by atoms with Gasteiger partial charge < -0.3 is 9.15 Å². The highest BCUT2D eigenvalue weighted by molar-refractivity contribution is 5.85. The zero-order valence-electron chi connectivity index (χ0n) is 17.4. The smallest absolute Gasteiger partial charge is 0.258 e. The number of hydrogen-bond donors (Lipinski definition) is 0. The van der Waals surface area contributed by atoms with Gasteiger partial charge in [-0.05, 0) is 30.3 Å². The Bertz CT molecular complexity index is 1250. The summed E-state index contributed by atoms with van der Waals surface area (Å²) in [5.41, 5.74) is 3.85. The Kier molecular flexibility index (Phi) is 6.16. The fraction of sp³-hybridized carbons (Fsp3) is 0.240. The number of fused-ring (bicyclic) bond motifs is 3. The normalized spacial score (nSPS) is 13.6. The fourth-order valence-electron chi connectivity index (χ4n) is 4.05. The van der Waals surface area contributed by atoms with Crippen LogP contribution in [-0.4, -0.2) is 22.6 Å². The van der Waals surface area contributed by atoms with E-state index in [1.807, 2.05) is 48.5 Å². The van der Waals surface area contributed by atoms with E-state index in [2.05, 4.69) is 17.9 Å². The maximum atomic E-state index is 12.7. The summed E-state index contributed by atoms with van der Waals surface area (Å²) in [6, 6.07) is 19.3. The van der Waals surface area contributed by atoms with E-state index in [-0.39, 0.29) is 18.0 Å². The molecule has 0 fully saturated rings. The first kappa shape index (κ1) is 21.2. The molecule has 31 heavy (non-hydrogen) atoms. The third-order valence-electron chi connectivity index (χ3n) is 5.76. The van der Waals surface area contributed by atoms with Gasteiger partial charge in [0.05, 0.1) is 5.69 Å². The number of hydrogen-bond acceptors (Lipinski definition) is 4. The SMILES string of the molecule is CCN1CCc2oc3cc(-n4ccc(OCc5ccccc5)cc4=O)ccc3c2C1.Cl. The number of halogens is 1. The molecule has 0 radical (unpaired) electrons. The molecule has 6 heteroatoms. The van der Waals surface area contributed by atoms with Gasteiger partial charge in [0.2, 0.25) is 0 Å². The van der Waals surface area contributed by atoms with Crippen LogP contribution in [0.15, 0.2) is 76.1 Å². The summed E-state index contributed by atoms with van der Waals surface area (Å²) in [4.78, 5) is 15.1. The van der Waals surface area contributed by atoms with Gasteiger partial charge in [-0.1, -0.05) is 37.3 Å². The Morgan fingerprint density at radius 1 is 1.06 bits per heavy atom. The van der Waals surface area contributed by atoms with Crippen molar-refractivity contribution in [2.75, 3.05) is 13.1 Å². The van der Waals surface area contributed by atoms with Crippen LogP contribution in [0.1, 0.15) is 23.8 Å². The van der Waals surface area contributed by atoms with Gasteiger partial charge in [-0.25, -0.2) is 0 Å². The van der Waals surface area contributed by atoms with E-state index in [1.165, 1.54) is 11.6 Å². The Morgan fingerprint density at radius 2 is 1.90 bits per heavy atom. The molecule has 0 unspecified atom stereocenters. The maximum absolute atomic E-state index is 12.7. The van der Waals surface area contributed by atoms with Crippen molar-refractivity contribution < 1.29 is 9.15 Å². The van der Waals surface area contributed by atoms with Crippen molar-refractivity contribution in [1.82, 2.24) is 9.47 Å². The van der Waals surface area contributed by atoms with Crippen molar-refractivity contribution in [2.24, 2.45) is 0 Å². The van der Waals surface area contributed by atoms with E-state index >= 15 is 0 Å². The molecule has 4 aromatic rings. The fourth-order valence-corrected chi connectivity index (χ4v) is 4.05. The Balaban J connectivity index is 0.00000231. The van der Waals surface area contributed by atoms with E-state index in [1.54, 1.807) is 10.8 Å². The molecule has 0 saturated carbocycles. The van der Waals surface area contributed by atoms with E-state index in [0.717, 1.165) is 54.0 Å². The first-order chi connectivity index (χ1) is 14.7. The number of aromatic nitrogens is 1. The van der Waals surface area contributed by atoms with Crippen molar-refractivity contribution in [3.8, 4) is 11.4 Å². The lowest BCUT2D eigenvalue weighted by Crippen LogP contribution is -2.29. The predicted molar refractivity (Wildman–Crippen MR) is 124 cm³/mol. The molecule has 2 aromatic carbocycles. The maximum Gasteiger partial charge on any atom is 0.258 e. The molecule has 0 aliphatic carbocycles. The number of pyridine rings is 1. The standard InChI is InChI=1S/C25H24N2O3.ClH/c1-2-26-12-11-23-22(16-26)21-9-8-19(14-24(21)30-23)27-13-10-20(15-25(27)28)29-17-18-6-4-3-5-7-18;/h3-10,13-15H,2,11-12,16-17H2,1H3;1H. The van der Waals surface area contributed by atoms with Crippen LogP contribution in [-0.2, 0) is 19.6 Å². The van der Waals surface area contributed by atoms with Gasteiger partial charge in [-0.2, -0.15) is 0 Å². The highest BCUT2D eigenvalue weighted by Gasteiger charge is 2.22. The zero-order chi connectivity index (χ0) is 20.5. The van der Waals surface area contributed by atoms with Crippen molar-refractivity contribution in [3.05, 3.63) is 94.1 Å². The van der Waals surface area contributed by atoms with Crippen LogP contribution in [0.3, 0.4) is 0 Å². The molecule has 5 rings (SSSR count). The highest BCUT2D eigenvalue weighted by Crippen LogP contribution is 2.31. The lowest BCUT2D eigenvalue weighted by atomic mass is 10.0. The monoisotopic (exact) mass is 436 g/mol. The summed E-state index contributed by atoms with van der Waals surface area (Å²) in [6.45, 7) is 5.61. The number of benzene rings is 2. The van der Waals surface area contributed by atoms with Crippen LogP contribution >= 0.6 is 12.4 Å². The molecule has 3 heterocycles. The van der Waals surface area contributed by atoms with Crippen molar-refractivity contribution >= 4 is 23.4 Å². The average Bonchev–Trinajstić information content (AvgIpc) is 3.15. The van der Waals surface area contributed by atoms with Crippen LogP contribution < -0.4 is 10.3 Å². The number of ether oxygens (including phenoxy) is 1. The topological polar surface area (TPSA) is 47.6 Å². The number of nitrogens with zero attached hydrogens (tertiary/aromatic N) is 2. The van der Waals surface area contributed by atoms with E-state index < -0.39 is 0 Å². The predicted octanol–water partition coefficient (Wildman–Crippen LogP) is 4.96. The van der Waals surface area contributed by atoms with E-state index in [9.17, 15) is 4.79 Å². The van der Waals surface area contributed by atoms with Crippen molar-refractivity contribution in [3.63, 3.8) is 0 Å². The molecular formula is C25H25ClN2O3. The summed E-state index contributed by atoms with van der Waals surface area (Å²) in [6.07, 6.45) is 2.69. The minimum absolute atomic E-state index is 0. The number of likely N-dealkylation sites (N-methyl/N-ethyl adjacent to an activating group) is 1. The minimum atomic E-state index is -0.131. The molecular weight excluding hydrogens is 412 g/mol. The lowest BCUT2D eigenvalue weighted by molar-refractivity contribution is 0.256. The van der Waals surface area contributed by atoms with Crippen LogP contribution in [0, 0.1) is 0 Å². The Labute approximate surface area is 187 Å². The second-order valence-corrected chi connectivity index (χ2v) is 7.65. The Hall–Kier alpha value is -3.02. The summed E-state index contributed by atoms with van der Waals surface area (Å²) in [5, 5.41) is 1.14. The van der Waals surface area contributed by atoms with Crippen LogP contribution in [0.5, 0.6) is 5.75 Å². The number of rotatable bonds is 5. The summed E-state index contributed by atoms with van der Waals surface area (Å²) in [7, 11) is 0. The molecule has 0 N–H and O–H groups in total. The third kappa shape index (κ3) is 4.24. The first-order valence-corrected chi connectivity index (χ1v) is 10.4. The average molecular weight is 437 g/mol. The highest BCUT2D eigenvalue weighted by atomic mass is 35.5. The molecule has 2 aromatic heterocycles. The molecule has 0 bridgehead atoms. The molecule has 0 atom stereocenters. The zero-order valence-corrected chi connectivity index (χ0v) is 18.2. The van der Waals surface area contributed by atoms with Gasteiger partial charge in [-0.3, -0.25) is 14.3 Å². The van der Waals surface area contributed by atoms with Crippen LogP contribution in [0.4, 0.5) is 0 Å². The molecule has 1 aliphatic heterocycles. The minimum Gasteiger partial charge on any atom is -0.489 e. The number of furan rings is 1. The van der Waals surface area contributed by atoms with Crippen LogP contribution in [0.25, 0.3) is 16.7 Å². The van der Waals surface area contributed by atoms with Gasteiger partial charge in [0.1, 0.15) is 23.7 Å².